The van der Waals surface area contributed by atoms with Crippen LogP contribution in [0.1, 0.15) is 46.5 Å². The van der Waals surface area contributed by atoms with Gasteiger partial charge in [0.1, 0.15) is 12.1 Å². The minimum atomic E-state index is -1.22. The summed E-state index contributed by atoms with van der Waals surface area (Å²) in [6.07, 6.45) is -0.0371. The molecule has 0 unspecified atom stereocenters. The van der Waals surface area contributed by atoms with Crippen LogP contribution in [0.4, 0.5) is 0 Å². The van der Waals surface area contributed by atoms with Crippen molar-refractivity contribution in [2.75, 3.05) is 0 Å². The highest BCUT2D eigenvalue weighted by atomic mass is 127. The first-order chi connectivity index (χ1) is 10.4. The number of halogens is 1. The van der Waals surface area contributed by atoms with Gasteiger partial charge in [0.25, 0.3) is 0 Å². The van der Waals surface area contributed by atoms with E-state index in [0.717, 1.165) is 0 Å². The average Bonchev–Trinajstić information content (AvgIpc) is 2.37. The van der Waals surface area contributed by atoms with E-state index in [2.05, 4.69) is 10.6 Å². The number of carboxylic acid groups (broad SMARTS) is 2. The summed E-state index contributed by atoms with van der Waals surface area (Å²) in [5, 5.41) is 23.4. The van der Waals surface area contributed by atoms with Crippen LogP contribution in [0.5, 0.6) is 0 Å². The molecule has 0 aliphatic heterocycles. The van der Waals surface area contributed by atoms with E-state index in [0.29, 0.717) is 0 Å². The molecule has 132 valence electrons. The number of aliphatic carboxylic acids is 2. The Morgan fingerprint density at radius 2 is 1.43 bits per heavy atom. The lowest BCUT2D eigenvalue weighted by atomic mass is 10.0. The van der Waals surface area contributed by atoms with Crippen molar-refractivity contribution in [3.05, 3.63) is 0 Å². The van der Waals surface area contributed by atoms with Crippen molar-refractivity contribution in [2.45, 2.75) is 64.1 Å². The number of nitrogens with one attached hydrogen (secondary N) is 2. The molecule has 0 radical (unpaired) electrons. The Hall–Kier alpha value is -1.23. The summed E-state index contributed by atoms with van der Waals surface area (Å²) >= 11 is 1.56. The molecule has 8 nitrogen and oxygen atoms in total. The predicted octanol–water partition coefficient (Wildman–Crippen LogP) is 0.919. The van der Waals surface area contributed by atoms with Crippen molar-refractivity contribution in [1.29, 1.82) is 0 Å². The zero-order valence-electron chi connectivity index (χ0n) is 13.4. The lowest BCUT2D eigenvalue weighted by Gasteiger charge is -2.26. The summed E-state index contributed by atoms with van der Waals surface area (Å²) in [6.45, 7) is 5.43. The molecule has 2 atom stereocenters. The molecule has 0 fully saturated rings. The van der Waals surface area contributed by atoms with Gasteiger partial charge in [-0.2, -0.15) is 0 Å². The minimum absolute atomic E-state index is 0.00540. The second kappa shape index (κ2) is 9.81. The van der Waals surface area contributed by atoms with Crippen LogP contribution in [0, 0.1) is 0 Å². The summed E-state index contributed by atoms with van der Waals surface area (Å²) in [6, 6.07) is -2.06. The SMILES string of the molecule is CC(C)(C)N[C@H](CCC(=O)N[C@H](CCC(=O)I)C(=O)O)C(=O)O. The van der Waals surface area contributed by atoms with Gasteiger partial charge in [0, 0.05) is 18.4 Å². The molecule has 0 bridgehead atoms. The van der Waals surface area contributed by atoms with Crippen LogP contribution in [-0.2, 0) is 19.2 Å². The maximum Gasteiger partial charge on any atom is 0.326 e. The number of hydrogen-bond acceptors (Lipinski definition) is 5. The summed E-state index contributed by atoms with van der Waals surface area (Å²) in [5.41, 5.74) is -0.427. The average molecular weight is 442 g/mol. The third-order valence-electron chi connectivity index (χ3n) is 2.83. The number of amides is 1. The maximum absolute atomic E-state index is 11.8. The highest BCUT2D eigenvalue weighted by Crippen LogP contribution is 2.08. The van der Waals surface area contributed by atoms with E-state index in [1.807, 2.05) is 20.8 Å². The van der Waals surface area contributed by atoms with E-state index in [4.69, 9.17) is 10.2 Å². The normalized spacial score (nSPS) is 13.9. The molecule has 9 heteroatoms. The van der Waals surface area contributed by atoms with Crippen molar-refractivity contribution >= 4 is 44.2 Å². The molecule has 0 aliphatic rings. The van der Waals surface area contributed by atoms with E-state index < -0.39 is 35.5 Å². The van der Waals surface area contributed by atoms with Gasteiger partial charge in [0.2, 0.25) is 5.91 Å². The van der Waals surface area contributed by atoms with Crippen LogP contribution < -0.4 is 10.6 Å². The Kier molecular flexibility index (Phi) is 9.28. The van der Waals surface area contributed by atoms with Gasteiger partial charge in [-0.05, 0) is 56.2 Å². The fraction of sp³-hybridized carbons (Fsp3) is 0.714. The Morgan fingerprint density at radius 3 is 1.83 bits per heavy atom. The predicted molar refractivity (Wildman–Crippen MR) is 91.4 cm³/mol. The number of carbonyl (C=O) groups excluding carboxylic acids is 2. The molecule has 0 saturated heterocycles. The first-order valence-corrected chi connectivity index (χ1v) is 8.21. The van der Waals surface area contributed by atoms with Crippen molar-refractivity contribution in [3.63, 3.8) is 0 Å². The lowest BCUT2D eigenvalue weighted by molar-refractivity contribution is -0.143. The second-order valence-electron chi connectivity index (χ2n) is 6.18. The van der Waals surface area contributed by atoms with Gasteiger partial charge < -0.3 is 15.5 Å². The third-order valence-corrected chi connectivity index (χ3v) is 3.37. The molecular weight excluding hydrogens is 419 g/mol. The molecule has 0 rings (SSSR count). The van der Waals surface area contributed by atoms with Gasteiger partial charge in [-0.25, -0.2) is 4.79 Å². The molecule has 1 amide bonds. The van der Waals surface area contributed by atoms with Crippen LogP contribution in [0.25, 0.3) is 0 Å². The molecule has 0 aromatic heterocycles. The van der Waals surface area contributed by atoms with E-state index in [9.17, 15) is 19.2 Å². The van der Waals surface area contributed by atoms with Crippen LogP contribution >= 0.6 is 22.6 Å². The minimum Gasteiger partial charge on any atom is -0.480 e. The van der Waals surface area contributed by atoms with Gasteiger partial charge in [0.15, 0.2) is 3.79 Å². The van der Waals surface area contributed by atoms with Gasteiger partial charge in [0.05, 0.1) is 0 Å². The highest BCUT2D eigenvalue weighted by Gasteiger charge is 2.25. The second-order valence-corrected chi connectivity index (χ2v) is 7.38. The monoisotopic (exact) mass is 442 g/mol. The van der Waals surface area contributed by atoms with Gasteiger partial charge >= 0.3 is 11.9 Å². The van der Waals surface area contributed by atoms with Crippen LogP contribution in [0.15, 0.2) is 0 Å². The number of hydrogen-bond donors (Lipinski definition) is 4. The van der Waals surface area contributed by atoms with E-state index >= 15 is 0 Å². The largest absolute Gasteiger partial charge is 0.480 e. The van der Waals surface area contributed by atoms with Gasteiger partial charge in [-0.1, -0.05) is 0 Å². The van der Waals surface area contributed by atoms with Crippen LogP contribution in [0.2, 0.25) is 0 Å². The van der Waals surface area contributed by atoms with E-state index in [1.54, 1.807) is 22.6 Å². The first-order valence-electron chi connectivity index (χ1n) is 7.13. The molecule has 0 spiro atoms. The summed E-state index contributed by atoms with van der Waals surface area (Å²) < 4.78 is -0.191. The standard InChI is InChI=1S/C14H23IN2O6/c1-14(2,3)17-9(13(22)23)5-7-11(19)16-8(12(20)21)4-6-10(15)18/h8-9,17H,4-7H2,1-3H3,(H,16,19)(H,20,21)(H,22,23)/t8-,9-/m1/s1. The Morgan fingerprint density at radius 1 is 0.957 bits per heavy atom. The molecule has 0 aliphatic carbocycles. The fourth-order valence-electron chi connectivity index (χ4n) is 1.84. The summed E-state index contributed by atoms with van der Waals surface area (Å²) in [4.78, 5) is 44.9. The molecule has 0 aromatic rings. The van der Waals surface area contributed by atoms with Crippen molar-refractivity contribution in [1.82, 2.24) is 10.6 Å². The van der Waals surface area contributed by atoms with E-state index in [1.165, 1.54) is 0 Å². The van der Waals surface area contributed by atoms with Crippen molar-refractivity contribution in [2.24, 2.45) is 0 Å². The number of carboxylic acids is 2. The molecule has 23 heavy (non-hydrogen) atoms. The molecule has 4 N–H and O–H groups in total. The lowest BCUT2D eigenvalue weighted by Crippen LogP contribution is -2.48. The Balaban J connectivity index is 4.51. The highest BCUT2D eigenvalue weighted by molar-refractivity contribution is 14.1. The fourth-order valence-corrected chi connectivity index (χ4v) is 2.15. The Bertz CT molecular complexity index is 461. The van der Waals surface area contributed by atoms with Crippen LogP contribution in [0.3, 0.4) is 0 Å². The Labute approximate surface area is 148 Å². The molecule has 0 saturated carbocycles. The zero-order valence-corrected chi connectivity index (χ0v) is 15.5. The first kappa shape index (κ1) is 21.8. The zero-order chi connectivity index (χ0) is 18.2. The number of carbonyl (C=O) groups is 4. The summed E-state index contributed by atoms with van der Waals surface area (Å²) in [5.74, 6) is -2.85. The number of rotatable bonds is 10. The van der Waals surface area contributed by atoms with E-state index in [-0.39, 0.29) is 29.5 Å². The molecule has 0 heterocycles. The van der Waals surface area contributed by atoms with Crippen molar-refractivity contribution < 1.29 is 29.4 Å². The summed E-state index contributed by atoms with van der Waals surface area (Å²) in [7, 11) is 0. The third kappa shape index (κ3) is 11.0. The molecular formula is C14H23IN2O6. The van der Waals surface area contributed by atoms with Gasteiger partial charge in [-0.15, -0.1) is 0 Å². The van der Waals surface area contributed by atoms with Crippen LogP contribution in [-0.4, -0.2) is 49.5 Å². The maximum atomic E-state index is 11.8. The smallest absolute Gasteiger partial charge is 0.326 e. The molecule has 0 aromatic carbocycles. The quantitative estimate of drug-likeness (QED) is 0.292. The topological polar surface area (TPSA) is 133 Å². The van der Waals surface area contributed by atoms with Crippen molar-refractivity contribution in [3.8, 4) is 0 Å². The van der Waals surface area contributed by atoms with Gasteiger partial charge in [-0.3, -0.25) is 19.7 Å².